The highest BCUT2D eigenvalue weighted by Gasteiger charge is 2.19. The Morgan fingerprint density at radius 1 is 1.47 bits per heavy atom. The average Bonchev–Trinajstić information content (AvgIpc) is 2.71. The van der Waals surface area contributed by atoms with Gasteiger partial charge in [-0.1, -0.05) is 0 Å². The number of hydrogen-bond donors (Lipinski definition) is 2. The third-order valence-electron chi connectivity index (χ3n) is 3.66. The molecule has 0 aliphatic carbocycles. The molecule has 0 saturated carbocycles. The molecule has 2 aliphatic heterocycles. The molecule has 2 N–H and O–H groups in total. The molecule has 98 valence electrons. The van der Waals surface area contributed by atoms with Crippen molar-refractivity contribution in [1.29, 1.82) is 0 Å². The number of urea groups is 1. The van der Waals surface area contributed by atoms with Crippen molar-refractivity contribution in [2.45, 2.75) is 12.8 Å². The molecule has 0 bridgehead atoms. The number of piperidine rings is 1. The summed E-state index contributed by atoms with van der Waals surface area (Å²) in [6.45, 7) is 6.92. The zero-order chi connectivity index (χ0) is 12.1. The molecular formula is C12H24N4O. The van der Waals surface area contributed by atoms with Crippen LogP contribution in [-0.4, -0.2) is 68.7 Å². The summed E-state index contributed by atoms with van der Waals surface area (Å²) in [6, 6.07) is 0.0872. The maximum Gasteiger partial charge on any atom is 0.317 e. The Morgan fingerprint density at radius 2 is 2.35 bits per heavy atom. The molecular weight excluding hydrogens is 216 g/mol. The van der Waals surface area contributed by atoms with E-state index in [0.717, 1.165) is 38.6 Å². The van der Waals surface area contributed by atoms with E-state index in [1.165, 1.54) is 25.9 Å². The Bertz CT molecular complexity index is 259. The van der Waals surface area contributed by atoms with Gasteiger partial charge in [0, 0.05) is 32.7 Å². The Labute approximate surface area is 104 Å². The normalized spacial score (nSPS) is 26.3. The summed E-state index contributed by atoms with van der Waals surface area (Å²) in [5.74, 6) is 0.779. The summed E-state index contributed by atoms with van der Waals surface area (Å²) in [6.07, 6.45) is 2.65. The molecule has 0 radical (unpaired) electrons. The average molecular weight is 240 g/mol. The molecule has 2 saturated heterocycles. The molecule has 0 aromatic rings. The monoisotopic (exact) mass is 240 g/mol. The molecule has 1 atom stereocenters. The molecule has 2 aliphatic rings. The highest BCUT2D eigenvalue weighted by molar-refractivity contribution is 5.76. The predicted octanol–water partition coefficient (Wildman–Crippen LogP) is -0.0570. The lowest BCUT2D eigenvalue weighted by Crippen LogP contribution is -2.40. The molecule has 5 nitrogen and oxygen atoms in total. The van der Waals surface area contributed by atoms with E-state index in [4.69, 9.17) is 0 Å². The van der Waals surface area contributed by atoms with Crippen molar-refractivity contribution in [2.75, 3.05) is 52.9 Å². The van der Waals surface area contributed by atoms with Crippen LogP contribution in [0, 0.1) is 5.92 Å². The lowest BCUT2D eigenvalue weighted by atomic mass is 9.98. The molecule has 0 aromatic heterocycles. The zero-order valence-electron chi connectivity index (χ0n) is 10.7. The van der Waals surface area contributed by atoms with Gasteiger partial charge in [-0.2, -0.15) is 0 Å². The van der Waals surface area contributed by atoms with Gasteiger partial charge in [0.05, 0.1) is 0 Å². The van der Waals surface area contributed by atoms with E-state index >= 15 is 0 Å². The number of amides is 2. The third kappa shape index (κ3) is 3.85. The second kappa shape index (κ2) is 6.21. The minimum Gasteiger partial charge on any atom is -0.336 e. The van der Waals surface area contributed by atoms with Crippen LogP contribution in [0.4, 0.5) is 4.79 Å². The van der Waals surface area contributed by atoms with Gasteiger partial charge >= 0.3 is 6.03 Å². The highest BCUT2D eigenvalue weighted by atomic mass is 16.2. The number of likely N-dealkylation sites (tertiary alicyclic amines) is 1. The van der Waals surface area contributed by atoms with E-state index in [1.54, 1.807) is 0 Å². The fourth-order valence-corrected chi connectivity index (χ4v) is 2.68. The fraction of sp³-hybridized carbons (Fsp3) is 0.917. The van der Waals surface area contributed by atoms with Crippen LogP contribution in [0.15, 0.2) is 0 Å². The second-order valence-electron chi connectivity index (χ2n) is 5.19. The maximum atomic E-state index is 11.3. The summed E-state index contributed by atoms with van der Waals surface area (Å²) in [4.78, 5) is 15.6. The van der Waals surface area contributed by atoms with E-state index in [-0.39, 0.29) is 6.03 Å². The molecule has 2 rings (SSSR count). The van der Waals surface area contributed by atoms with Gasteiger partial charge in [0.15, 0.2) is 0 Å². The lowest BCUT2D eigenvalue weighted by molar-refractivity contribution is 0.202. The summed E-state index contributed by atoms with van der Waals surface area (Å²) < 4.78 is 0. The molecule has 17 heavy (non-hydrogen) atoms. The van der Waals surface area contributed by atoms with Gasteiger partial charge in [-0.05, 0) is 38.9 Å². The van der Waals surface area contributed by atoms with Gasteiger partial charge in [0.2, 0.25) is 0 Å². The molecule has 2 fully saturated rings. The van der Waals surface area contributed by atoms with Crippen molar-refractivity contribution in [3.8, 4) is 0 Å². The van der Waals surface area contributed by atoms with E-state index in [9.17, 15) is 4.79 Å². The summed E-state index contributed by atoms with van der Waals surface area (Å²) in [7, 11) is 2.20. The highest BCUT2D eigenvalue weighted by Crippen LogP contribution is 2.13. The summed E-state index contributed by atoms with van der Waals surface area (Å²) in [5.41, 5.74) is 0. The first-order valence-corrected chi connectivity index (χ1v) is 6.68. The number of carbonyl (C=O) groups excluding carboxylic acids is 1. The number of rotatable bonds is 5. The van der Waals surface area contributed by atoms with E-state index < -0.39 is 0 Å². The summed E-state index contributed by atoms with van der Waals surface area (Å²) in [5, 5.41) is 6.29. The van der Waals surface area contributed by atoms with Gasteiger partial charge in [-0.3, -0.25) is 0 Å². The smallest absolute Gasteiger partial charge is 0.317 e. The van der Waals surface area contributed by atoms with Gasteiger partial charge in [-0.25, -0.2) is 4.79 Å². The maximum absolute atomic E-state index is 11.3. The number of nitrogens with one attached hydrogen (secondary N) is 2. The summed E-state index contributed by atoms with van der Waals surface area (Å²) >= 11 is 0. The molecule has 5 heteroatoms. The van der Waals surface area contributed by atoms with Crippen LogP contribution in [0.25, 0.3) is 0 Å². The Hall–Kier alpha value is -0.810. The minimum atomic E-state index is 0.0872. The second-order valence-corrected chi connectivity index (χ2v) is 5.19. The van der Waals surface area contributed by atoms with Crippen molar-refractivity contribution in [1.82, 2.24) is 20.4 Å². The number of nitrogens with zero attached hydrogens (tertiary/aromatic N) is 2. The minimum absolute atomic E-state index is 0.0872. The quantitative estimate of drug-likeness (QED) is 0.662. The lowest BCUT2D eigenvalue weighted by Gasteiger charge is -2.30. The van der Waals surface area contributed by atoms with E-state index in [1.807, 2.05) is 4.90 Å². The van der Waals surface area contributed by atoms with Crippen LogP contribution in [0.1, 0.15) is 12.8 Å². The molecule has 1 unspecified atom stereocenters. The topological polar surface area (TPSA) is 47.6 Å². The first kappa shape index (κ1) is 12.6. The van der Waals surface area contributed by atoms with Crippen LogP contribution >= 0.6 is 0 Å². The molecule has 2 amide bonds. The van der Waals surface area contributed by atoms with Gasteiger partial charge in [0.1, 0.15) is 0 Å². The fourth-order valence-electron chi connectivity index (χ4n) is 2.68. The van der Waals surface area contributed by atoms with Crippen LogP contribution in [0.2, 0.25) is 0 Å². The van der Waals surface area contributed by atoms with Gasteiger partial charge in [0.25, 0.3) is 0 Å². The van der Waals surface area contributed by atoms with Crippen LogP contribution in [0.3, 0.4) is 0 Å². The Morgan fingerprint density at radius 3 is 3.06 bits per heavy atom. The predicted molar refractivity (Wildman–Crippen MR) is 68.1 cm³/mol. The van der Waals surface area contributed by atoms with Gasteiger partial charge in [-0.15, -0.1) is 0 Å². The number of carbonyl (C=O) groups is 1. The van der Waals surface area contributed by atoms with Crippen LogP contribution < -0.4 is 10.6 Å². The van der Waals surface area contributed by atoms with Gasteiger partial charge < -0.3 is 20.4 Å². The zero-order valence-corrected chi connectivity index (χ0v) is 10.7. The van der Waals surface area contributed by atoms with Crippen molar-refractivity contribution in [3.05, 3.63) is 0 Å². The van der Waals surface area contributed by atoms with E-state index in [2.05, 4.69) is 22.6 Å². The van der Waals surface area contributed by atoms with Crippen molar-refractivity contribution in [2.24, 2.45) is 5.92 Å². The SMILES string of the molecule is CN1CCCC(CNCCN2CCNC2=O)C1. The van der Waals surface area contributed by atoms with Crippen LogP contribution in [-0.2, 0) is 0 Å². The van der Waals surface area contributed by atoms with Crippen molar-refractivity contribution in [3.63, 3.8) is 0 Å². The van der Waals surface area contributed by atoms with Crippen molar-refractivity contribution >= 4 is 6.03 Å². The number of hydrogen-bond acceptors (Lipinski definition) is 3. The van der Waals surface area contributed by atoms with Crippen molar-refractivity contribution < 1.29 is 4.79 Å². The Kier molecular flexibility index (Phi) is 4.62. The van der Waals surface area contributed by atoms with Crippen LogP contribution in [0.5, 0.6) is 0 Å². The third-order valence-corrected chi connectivity index (χ3v) is 3.66. The molecule has 2 heterocycles. The first-order valence-electron chi connectivity index (χ1n) is 6.68. The first-order chi connectivity index (χ1) is 8.25. The van der Waals surface area contributed by atoms with E-state index in [0.29, 0.717) is 0 Å². The molecule has 0 aromatic carbocycles. The Balaban J connectivity index is 1.55. The largest absolute Gasteiger partial charge is 0.336 e. The standard InChI is InChI=1S/C12H24N4O/c1-15-6-2-3-11(10-15)9-13-4-7-16-8-5-14-12(16)17/h11,13H,2-10H2,1H3,(H,14,17). The molecule has 0 spiro atoms.